The quantitative estimate of drug-likeness (QED) is 0.633. The summed E-state index contributed by atoms with van der Waals surface area (Å²) in [6.45, 7) is 0.970. The average Bonchev–Trinajstić information content (AvgIpc) is 3.11. The number of hydrogen-bond acceptors (Lipinski definition) is 6. The van der Waals surface area contributed by atoms with Gasteiger partial charge in [0.05, 0.1) is 12.3 Å². The van der Waals surface area contributed by atoms with Crippen LogP contribution in [-0.2, 0) is 4.74 Å². The molecule has 1 amide bonds. The number of carbonyl (C=O) groups is 1. The van der Waals surface area contributed by atoms with E-state index in [2.05, 4.69) is 15.3 Å². The highest BCUT2D eigenvalue weighted by molar-refractivity contribution is 7.14. The number of anilines is 1. The fourth-order valence-electron chi connectivity index (χ4n) is 2.15. The van der Waals surface area contributed by atoms with E-state index < -0.39 is 0 Å². The number of amides is 1. The number of aromatic nitrogens is 2. The zero-order valence-electron chi connectivity index (χ0n) is 13.6. The van der Waals surface area contributed by atoms with E-state index in [0.29, 0.717) is 24.0 Å². The zero-order valence-corrected chi connectivity index (χ0v) is 14.5. The minimum atomic E-state index is -0.286. The lowest BCUT2D eigenvalue weighted by atomic mass is 10.1. The smallest absolute Gasteiger partial charge is 0.276 e. The molecule has 6 nitrogen and oxygen atoms in total. The number of hydrogen-bond donors (Lipinski definition) is 1. The Bertz CT molecular complexity index is 837. The van der Waals surface area contributed by atoms with Crippen LogP contribution in [0.25, 0.3) is 11.3 Å². The van der Waals surface area contributed by atoms with Gasteiger partial charge in [0.25, 0.3) is 5.91 Å². The number of ether oxygens (including phenoxy) is 2. The largest absolute Gasteiger partial charge is 0.490 e. The van der Waals surface area contributed by atoms with Crippen molar-refractivity contribution in [1.82, 2.24) is 9.97 Å². The van der Waals surface area contributed by atoms with Crippen LogP contribution in [0.5, 0.6) is 5.75 Å². The first kappa shape index (κ1) is 19.6. The molecule has 1 aromatic carbocycles. The summed E-state index contributed by atoms with van der Waals surface area (Å²) >= 11 is 1.35. The van der Waals surface area contributed by atoms with E-state index in [1.165, 1.54) is 11.3 Å². The minimum absolute atomic E-state index is 0. The van der Waals surface area contributed by atoms with Gasteiger partial charge in [0, 0.05) is 24.3 Å². The van der Waals surface area contributed by atoms with Gasteiger partial charge in [0.15, 0.2) is 5.13 Å². The molecule has 0 atom stereocenters. The Labute approximate surface area is 156 Å². The summed E-state index contributed by atoms with van der Waals surface area (Å²) < 4.78 is 10.7. The highest BCUT2D eigenvalue weighted by Crippen LogP contribution is 2.32. The lowest BCUT2D eigenvalue weighted by molar-refractivity contribution is 0.102. The number of pyridine rings is 1. The first-order valence-corrected chi connectivity index (χ1v) is 8.55. The normalized spacial score (nSPS) is 10.0. The lowest BCUT2D eigenvalue weighted by Crippen LogP contribution is -2.13. The lowest BCUT2D eigenvalue weighted by Gasteiger charge is -2.09. The van der Waals surface area contributed by atoms with Crippen molar-refractivity contribution in [3.05, 3.63) is 59.7 Å². The summed E-state index contributed by atoms with van der Waals surface area (Å²) in [7, 11) is 1.63. The van der Waals surface area contributed by atoms with Crippen molar-refractivity contribution >= 4 is 22.4 Å². The molecule has 0 aliphatic heterocycles. The molecule has 1 N–H and O–H groups in total. The van der Waals surface area contributed by atoms with Gasteiger partial charge in [0.1, 0.15) is 18.1 Å². The van der Waals surface area contributed by atoms with Crippen LogP contribution in [-0.4, -0.2) is 36.2 Å². The van der Waals surface area contributed by atoms with Crippen LogP contribution in [0, 0.1) is 0 Å². The standard InChI is InChI=1S/C18H17N3O3S.CH4/c1-23-10-11-24-16-8-3-2-6-13(16)15-12-25-18(20-15)21-17(22)14-7-4-5-9-19-14;/h2-9,12H,10-11H2,1H3,(H,20,21,22);1H4. The van der Waals surface area contributed by atoms with Crippen molar-refractivity contribution in [3.63, 3.8) is 0 Å². The Hall–Kier alpha value is -2.77. The predicted octanol–water partition coefficient (Wildman–Crippen LogP) is 4.12. The van der Waals surface area contributed by atoms with E-state index >= 15 is 0 Å². The monoisotopic (exact) mass is 371 g/mol. The van der Waals surface area contributed by atoms with Crippen molar-refractivity contribution in [2.75, 3.05) is 25.6 Å². The van der Waals surface area contributed by atoms with Gasteiger partial charge in [-0.3, -0.25) is 15.1 Å². The Morgan fingerprint density at radius 1 is 1.15 bits per heavy atom. The Morgan fingerprint density at radius 3 is 2.73 bits per heavy atom. The summed E-state index contributed by atoms with van der Waals surface area (Å²) in [5.74, 6) is 0.443. The van der Waals surface area contributed by atoms with E-state index in [1.54, 1.807) is 31.5 Å². The molecule has 3 rings (SSSR count). The molecule has 0 radical (unpaired) electrons. The van der Waals surface area contributed by atoms with Gasteiger partial charge < -0.3 is 9.47 Å². The van der Waals surface area contributed by atoms with Crippen LogP contribution < -0.4 is 10.1 Å². The van der Waals surface area contributed by atoms with E-state index in [4.69, 9.17) is 9.47 Å². The van der Waals surface area contributed by atoms with Crippen molar-refractivity contribution in [3.8, 4) is 17.0 Å². The number of nitrogens with one attached hydrogen (secondary N) is 1. The number of thiazole rings is 1. The maximum atomic E-state index is 12.2. The Kier molecular flexibility index (Phi) is 7.25. The number of nitrogens with zero attached hydrogens (tertiary/aromatic N) is 2. The van der Waals surface area contributed by atoms with Gasteiger partial charge in [-0.25, -0.2) is 4.98 Å². The summed E-state index contributed by atoms with van der Waals surface area (Å²) in [6, 6.07) is 12.8. The second-order valence-corrected chi connectivity index (χ2v) is 5.90. The Morgan fingerprint density at radius 2 is 1.96 bits per heavy atom. The molecule has 0 spiro atoms. The fraction of sp³-hybridized carbons (Fsp3) is 0.211. The van der Waals surface area contributed by atoms with Crippen molar-refractivity contribution in [1.29, 1.82) is 0 Å². The third-order valence-corrected chi connectivity index (χ3v) is 4.09. The van der Waals surface area contributed by atoms with Gasteiger partial charge in [-0.2, -0.15) is 0 Å². The predicted molar refractivity (Wildman–Crippen MR) is 104 cm³/mol. The third-order valence-electron chi connectivity index (χ3n) is 3.33. The highest BCUT2D eigenvalue weighted by atomic mass is 32.1. The second-order valence-electron chi connectivity index (χ2n) is 5.04. The van der Waals surface area contributed by atoms with Crippen LogP contribution >= 0.6 is 11.3 Å². The highest BCUT2D eigenvalue weighted by Gasteiger charge is 2.13. The summed E-state index contributed by atoms with van der Waals surface area (Å²) in [6.07, 6.45) is 1.58. The van der Waals surface area contributed by atoms with E-state index in [0.717, 1.165) is 17.0 Å². The summed E-state index contributed by atoms with van der Waals surface area (Å²) in [5, 5.41) is 5.16. The van der Waals surface area contributed by atoms with Crippen LogP contribution in [0.4, 0.5) is 5.13 Å². The summed E-state index contributed by atoms with van der Waals surface area (Å²) in [4.78, 5) is 20.7. The minimum Gasteiger partial charge on any atom is -0.490 e. The molecule has 0 saturated heterocycles. The van der Waals surface area contributed by atoms with E-state index in [1.807, 2.05) is 29.6 Å². The first-order chi connectivity index (χ1) is 12.3. The van der Waals surface area contributed by atoms with Crippen molar-refractivity contribution in [2.24, 2.45) is 0 Å². The number of carbonyl (C=O) groups excluding carboxylic acids is 1. The van der Waals surface area contributed by atoms with E-state index in [-0.39, 0.29) is 13.3 Å². The number of benzene rings is 1. The SMILES string of the molecule is C.COCCOc1ccccc1-c1csc(NC(=O)c2ccccn2)n1. The molecule has 2 heterocycles. The number of para-hydroxylation sites is 1. The van der Waals surface area contributed by atoms with Gasteiger partial charge >= 0.3 is 0 Å². The molecular formula is C19H21N3O3S. The topological polar surface area (TPSA) is 73.3 Å². The molecule has 0 bridgehead atoms. The molecule has 3 aromatic rings. The molecule has 0 aliphatic carbocycles. The molecule has 7 heteroatoms. The van der Waals surface area contributed by atoms with Crippen LogP contribution in [0.3, 0.4) is 0 Å². The maximum Gasteiger partial charge on any atom is 0.276 e. The van der Waals surface area contributed by atoms with Gasteiger partial charge in [-0.1, -0.05) is 25.6 Å². The average molecular weight is 371 g/mol. The number of methoxy groups -OCH3 is 1. The molecule has 0 saturated carbocycles. The molecule has 0 aliphatic rings. The molecule has 0 fully saturated rings. The van der Waals surface area contributed by atoms with Crippen LogP contribution in [0.2, 0.25) is 0 Å². The van der Waals surface area contributed by atoms with Crippen molar-refractivity contribution in [2.45, 2.75) is 7.43 Å². The van der Waals surface area contributed by atoms with Crippen LogP contribution in [0.1, 0.15) is 17.9 Å². The van der Waals surface area contributed by atoms with Crippen LogP contribution in [0.15, 0.2) is 54.0 Å². The Balaban J connectivity index is 0.00000243. The molecule has 0 unspecified atom stereocenters. The maximum absolute atomic E-state index is 12.2. The molecule has 26 heavy (non-hydrogen) atoms. The molecule has 136 valence electrons. The van der Waals surface area contributed by atoms with Gasteiger partial charge in [-0.15, -0.1) is 11.3 Å². The first-order valence-electron chi connectivity index (χ1n) is 7.67. The van der Waals surface area contributed by atoms with Crippen molar-refractivity contribution < 1.29 is 14.3 Å². The van der Waals surface area contributed by atoms with Gasteiger partial charge in [0.2, 0.25) is 0 Å². The fourth-order valence-corrected chi connectivity index (χ4v) is 2.86. The van der Waals surface area contributed by atoms with E-state index in [9.17, 15) is 4.79 Å². The second kappa shape index (κ2) is 9.65. The zero-order chi connectivity index (χ0) is 17.5. The number of rotatable bonds is 7. The van der Waals surface area contributed by atoms with Gasteiger partial charge in [-0.05, 0) is 24.3 Å². The molecule has 2 aromatic heterocycles. The third kappa shape index (κ3) is 4.87. The summed E-state index contributed by atoms with van der Waals surface area (Å²) in [5.41, 5.74) is 1.96. The molecular weight excluding hydrogens is 350 g/mol.